The molecule has 1 amide bonds. The number of ether oxygens (including phenoxy) is 1. The van der Waals surface area contributed by atoms with E-state index in [-0.39, 0.29) is 18.3 Å². The summed E-state index contributed by atoms with van der Waals surface area (Å²) in [7, 11) is 1.71. The average Bonchev–Trinajstić information content (AvgIpc) is 3.12. The van der Waals surface area contributed by atoms with Crippen molar-refractivity contribution in [2.24, 2.45) is 0 Å². The van der Waals surface area contributed by atoms with Crippen molar-refractivity contribution in [1.29, 1.82) is 0 Å². The van der Waals surface area contributed by atoms with Gasteiger partial charge < -0.3 is 9.64 Å². The Morgan fingerprint density at radius 3 is 2.72 bits per heavy atom. The third-order valence-corrected chi connectivity index (χ3v) is 5.72. The fraction of sp³-hybridized carbons (Fsp3) is 0.316. The molecule has 3 rings (SSSR count). The maximum absolute atomic E-state index is 12.3. The Morgan fingerprint density at radius 1 is 1.28 bits per heavy atom. The standard InChI is InChI=1S/C19H19NO4S/c1-4-16-11(2)7-17(25-16)19(23)24-10-15(21)12-5-6-14-13(8-12)9-18(22)20(14)3/h5-8H,4,9-10H2,1-3H3. The molecule has 25 heavy (non-hydrogen) atoms. The summed E-state index contributed by atoms with van der Waals surface area (Å²) >= 11 is 1.40. The number of fused-ring (bicyclic) bond motifs is 1. The fourth-order valence-corrected chi connectivity index (χ4v) is 3.91. The zero-order chi connectivity index (χ0) is 18.1. The second-order valence-electron chi connectivity index (χ2n) is 6.04. The largest absolute Gasteiger partial charge is 0.453 e. The molecule has 2 aromatic rings. The highest BCUT2D eigenvalue weighted by Gasteiger charge is 2.25. The molecule has 0 N–H and O–H groups in total. The number of aryl methyl sites for hydroxylation is 2. The van der Waals surface area contributed by atoms with E-state index in [2.05, 4.69) is 0 Å². The average molecular weight is 357 g/mol. The summed E-state index contributed by atoms with van der Waals surface area (Å²) in [4.78, 5) is 39.4. The number of benzene rings is 1. The van der Waals surface area contributed by atoms with Gasteiger partial charge in [0.2, 0.25) is 5.91 Å². The van der Waals surface area contributed by atoms with Gasteiger partial charge in [-0.05, 0) is 48.7 Å². The molecule has 1 aromatic carbocycles. The van der Waals surface area contributed by atoms with E-state index in [0.29, 0.717) is 16.9 Å². The van der Waals surface area contributed by atoms with Crippen LogP contribution in [0.1, 0.15) is 43.0 Å². The van der Waals surface area contributed by atoms with Gasteiger partial charge >= 0.3 is 5.97 Å². The van der Waals surface area contributed by atoms with Crippen molar-refractivity contribution >= 4 is 34.7 Å². The highest BCUT2D eigenvalue weighted by atomic mass is 32.1. The zero-order valence-electron chi connectivity index (χ0n) is 14.4. The number of ketones is 1. The lowest BCUT2D eigenvalue weighted by atomic mass is 10.1. The number of hydrogen-bond donors (Lipinski definition) is 0. The number of esters is 1. The molecule has 6 heteroatoms. The van der Waals surface area contributed by atoms with Crippen LogP contribution in [0, 0.1) is 6.92 Å². The molecule has 1 aliphatic rings. The molecule has 1 aliphatic heterocycles. The number of rotatable bonds is 5. The maximum Gasteiger partial charge on any atom is 0.348 e. The van der Waals surface area contributed by atoms with Gasteiger partial charge in [-0.2, -0.15) is 0 Å². The number of hydrogen-bond acceptors (Lipinski definition) is 5. The van der Waals surface area contributed by atoms with Crippen molar-refractivity contribution in [3.63, 3.8) is 0 Å². The van der Waals surface area contributed by atoms with Gasteiger partial charge in [0.15, 0.2) is 12.4 Å². The van der Waals surface area contributed by atoms with Crippen LogP contribution in [-0.4, -0.2) is 31.3 Å². The van der Waals surface area contributed by atoms with Gasteiger partial charge in [-0.15, -0.1) is 11.3 Å². The van der Waals surface area contributed by atoms with Crippen LogP contribution in [0.5, 0.6) is 0 Å². The van der Waals surface area contributed by atoms with E-state index >= 15 is 0 Å². The highest BCUT2D eigenvalue weighted by Crippen LogP contribution is 2.28. The van der Waals surface area contributed by atoms with Crippen molar-refractivity contribution in [2.45, 2.75) is 26.7 Å². The van der Waals surface area contributed by atoms with Gasteiger partial charge in [0.25, 0.3) is 0 Å². The molecule has 0 radical (unpaired) electrons. The van der Waals surface area contributed by atoms with Crippen molar-refractivity contribution in [1.82, 2.24) is 0 Å². The normalized spacial score (nSPS) is 13.1. The summed E-state index contributed by atoms with van der Waals surface area (Å²) in [5.74, 6) is -0.745. The molecule has 0 saturated heterocycles. The van der Waals surface area contributed by atoms with Crippen LogP contribution in [-0.2, 0) is 22.4 Å². The topological polar surface area (TPSA) is 63.7 Å². The Bertz CT molecular complexity index is 868. The molecule has 0 spiro atoms. The monoisotopic (exact) mass is 357 g/mol. The third-order valence-electron chi connectivity index (χ3n) is 4.36. The Morgan fingerprint density at radius 2 is 2.04 bits per heavy atom. The first-order valence-electron chi connectivity index (χ1n) is 8.09. The minimum atomic E-state index is -0.475. The first kappa shape index (κ1) is 17.4. The smallest absolute Gasteiger partial charge is 0.348 e. The predicted octanol–water partition coefficient (Wildman–Crippen LogP) is 3.18. The number of likely N-dealkylation sites (N-methyl/N-ethyl adjacent to an activating group) is 1. The molecule has 0 saturated carbocycles. The van der Waals surface area contributed by atoms with Gasteiger partial charge in [0, 0.05) is 23.2 Å². The third kappa shape index (κ3) is 3.35. The molecular weight excluding hydrogens is 338 g/mol. The lowest BCUT2D eigenvalue weighted by molar-refractivity contribution is -0.117. The van der Waals surface area contributed by atoms with Crippen LogP contribution in [0.3, 0.4) is 0 Å². The Labute approximate surface area is 150 Å². The summed E-state index contributed by atoms with van der Waals surface area (Å²) < 4.78 is 5.16. The van der Waals surface area contributed by atoms with Gasteiger partial charge in [0.1, 0.15) is 4.88 Å². The predicted molar refractivity (Wildman–Crippen MR) is 96.6 cm³/mol. The molecule has 0 unspecified atom stereocenters. The van der Waals surface area contributed by atoms with Crippen molar-refractivity contribution in [3.05, 3.63) is 50.7 Å². The summed E-state index contributed by atoms with van der Waals surface area (Å²) in [5.41, 5.74) is 3.16. The van der Waals surface area contributed by atoms with Crippen molar-refractivity contribution in [3.8, 4) is 0 Å². The van der Waals surface area contributed by atoms with Crippen LogP contribution in [0.4, 0.5) is 5.69 Å². The van der Waals surface area contributed by atoms with E-state index in [1.807, 2.05) is 13.8 Å². The van der Waals surface area contributed by atoms with E-state index in [1.54, 1.807) is 36.2 Å². The molecular formula is C19H19NO4S. The van der Waals surface area contributed by atoms with E-state index < -0.39 is 5.97 Å². The lowest BCUT2D eigenvalue weighted by Crippen LogP contribution is -2.20. The van der Waals surface area contributed by atoms with Gasteiger partial charge in [-0.3, -0.25) is 9.59 Å². The van der Waals surface area contributed by atoms with E-state index in [0.717, 1.165) is 28.1 Å². The molecule has 2 heterocycles. The molecule has 5 nitrogen and oxygen atoms in total. The Balaban J connectivity index is 1.66. The second-order valence-corrected chi connectivity index (χ2v) is 7.18. The SMILES string of the molecule is CCc1sc(C(=O)OCC(=O)c2ccc3c(c2)CC(=O)N3C)cc1C. The number of carbonyl (C=O) groups is 3. The Kier molecular flexibility index (Phi) is 4.72. The molecule has 0 atom stereocenters. The van der Waals surface area contributed by atoms with Gasteiger partial charge in [-0.1, -0.05) is 6.92 Å². The maximum atomic E-state index is 12.3. The molecule has 130 valence electrons. The van der Waals surface area contributed by atoms with E-state index in [9.17, 15) is 14.4 Å². The van der Waals surface area contributed by atoms with Gasteiger partial charge in [0.05, 0.1) is 6.42 Å². The number of amides is 1. The minimum absolute atomic E-state index is 0.00539. The number of anilines is 1. The van der Waals surface area contributed by atoms with Crippen molar-refractivity contribution in [2.75, 3.05) is 18.6 Å². The quantitative estimate of drug-likeness (QED) is 0.609. The fourth-order valence-electron chi connectivity index (χ4n) is 2.90. The Hall–Kier alpha value is -2.47. The molecule has 0 bridgehead atoms. The van der Waals surface area contributed by atoms with Crippen LogP contribution < -0.4 is 4.90 Å². The van der Waals surface area contributed by atoms with Crippen LogP contribution in [0.25, 0.3) is 0 Å². The molecule has 0 fully saturated rings. The molecule has 1 aromatic heterocycles. The minimum Gasteiger partial charge on any atom is -0.453 e. The number of nitrogens with zero attached hydrogens (tertiary/aromatic N) is 1. The highest BCUT2D eigenvalue weighted by molar-refractivity contribution is 7.14. The number of carbonyl (C=O) groups excluding carboxylic acids is 3. The van der Waals surface area contributed by atoms with Crippen LogP contribution >= 0.6 is 11.3 Å². The molecule has 0 aliphatic carbocycles. The van der Waals surface area contributed by atoms with E-state index in [1.165, 1.54) is 11.3 Å². The van der Waals surface area contributed by atoms with Crippen LogP contribution in [0.2, 0.25) is 0 Å². The first-order chi connectivity index (χ1) is 11.9. The zero-order valence-corrected chi connectivity index (χ0v) is 15.2. The summed E-state index contributed by atoms with van der Waals surface area (Å²) in [6.45, 7) is 3.69. The number of thiophene rings is 1. The summed E-state index contributed by atoms with van der Waals surface area (Å²) in [6, 6.07) is 6.92. The van der Waals surface area contributed by atoms with Gasteiger partial charge in [-0.25, -0.2) is 4.79 Å². The lowest BCUT2D eigenvalue weighted by Gasteiger charge is -2.10. The number of Topliss-reactive ketones (excluding diaryl/α,β-unsaturated/α-hetero) is 1. The van der Waals surface area contributed by atoms with Crippen molar-refractivity contribution < 1.29 is 19.1 Å². The van der Waals surface area contributed by atoms with E-state index in [4.69, 9.17) is 4.74 Å². The summed E-state index contributed by atoms with van der Waals surface area (Å²) in [6.07, 6.45) is 1.16. The summed E-state index contributed by atoms with van der Waals surface area (Å²) in [5, 5.41) is 0. The second kappa shape index (κ2) is 6.80. The van der Waals surface area contributed by atoms with Crippen LogP contribution in [0.15, 0.2) is 24.3 Å². The first-order valence-corrected chi connectivity index (χ1v) is 8.91.